The average molecular weight is 521 g/mol. The van der Waals surface area contributed by atoms with Gasteiger partial charge in [0.1, 0.15) is 17.1 Å². The van der Waals surface area contributed by atoms with Gasteiger partial charge in [0.2, 0.25) is 0 Å². The molecule has 0 saturated carbocycles. The van der Waals surface area contributed by atoms with Crippen molar-refractivity contribution in [2.45, 2.75) is 44.5 Å². The molecule has 11 heteroatoms. The van der Waals surface area contributed by atoms with Gasteiger partial charge in [-0.25, -0.2) is 9.97 Å². The number of aliphatic hydroxyl groups is 3. The van der Waals surface area contributed by atoms with Crippen molar-refractivity contribution in [2.24, 2.45) is 5.41 Å². The number of amides is 1. The molecule has 3 N–H and O–H groups in total. The molecule has 1 amide bonds. The molecule has 3 heterocycles. The number of hydrogen-bond acceptors (Lipinski definition) is 9. The number of anilines is 1. The molecule has 2 saturated heterocycles. The Labute approximate surface area is 215 Å². The Hall–Kier alpha value is -2.66. The zero-order valence-electron chi connectivity index (χ0n) is 20.7. The molecule has 1 aromatic heterocycles. The standard InChI is InChI=1S/C25H33ClN4O6/c1-15(32)25(2)14-30(24(34)19(33)13-31)12-18(25)16-4-5-20(35-3)21(8-16)36-17-6-7-29(11-17)23-10-27-22(26)9-28-23/h4-5,8-10,15,17-19,31-33H,6-7,11-14H2,1-3H3/t15?,17?,18-,19?,25-/m0/s1. The molecule has 3 unspecified atom stereocenters. The Morgan fingerprint density at radius 1 is 1.25 bits per heavy atom. The third kappa shape index (κ3) is 5.22. The van der Waals surface area contributed by atoms with E-state index >= 15 is 0 Å². The number of methoxy groups -OCH3 is 1. The lowest BCUT2D eigenvalue weighted by Gasteiger charge is -2.34. The highest BCUT2D eigenvalue weighted by Crippen LogP contribution is 2.47. The van der Waals surface area contributed by atoms with E-state index in [1.165, 1.54) is 11.1 Å². The normalized spacial score (nSPS) is 25.6. The van der Waals surface area contributed by atoms with Gasteiger partial charge in [0.05, 0.1) is 38.8 Å². The fourth-order valence-electron chi connectivity index (χ4n) is 5.06. The number of nitrogens with zero attached hydrogens (tertiary/aromatic N) is 4. The molecular formula is C25H33ClN4O6. The summed E-state index contributed by atoms with van der Waals surface area (Å²) in [6, 6.07) is 5.65. The quantitative estimate of drug-likeness (QED) is 0.473. The number of likely N-dealkylation sites (tertiary alicyclic amines) is 1. The summed E-state index contributed by atoms with van der Waals surface area (Å²) in [4.78, 5) is 24.6. The van der Waals surface area contributed by atoms with E-state index in [1.807, 2.05) is 25.1 Å². The summed E-state index contributed by atoms with van der Waals surface area (Å²) in [5.74, 6) is 1.14. The highest BCUT2D eigenvalue weighted by molar-refractivity contribution is 6.29. The lowest BCUT2D eigenvalue weighted by molar-refractivity contribution is -0.141. The first-order chi connectivity index (χ1) is 17.2. The minimum atomic E-state index is -1.48. The summed E-state index contributed by atoms with van der Waals surface area (Å²) in [6.07, 6.45) is 1.65. The van der Waals surface area contributed by atoms with E-state index in [0.717, 1.165) is 24.3 Å². The molecule has 2 aliphatic rings. The Morgan fingerprint density at radius 2 is 2.03 bits per heavy atom. The maximum absolute atomic E-state index is 12.6. The third-order valence-corrected chi connectivity index (χ3v) is 7.61. The summed E-state index contributed by atoms with van der Waals surface area (Å²) in [5, 5.41) is 30.1. The molecule has 10 nitrogen and oxygen atoms in total. The molecule has 36 heavy (non-hydrogen) atoms. The average Bonchev–Trinajstić information content (AvgIpc) is 3.48. The van der Waals surface area contributed by atoms with Crippen LogP contribution in [0.15, 0.2) is 30.6 Å². The molecule has 2 aliphatic heterocycles. The Morgan fingerprint density at radius 3 is 2.67 bits per heavy atom. The van der Waals surface area contributed by atoms with E-state index < -0.39 is 30.1 Å². The van der Waals surface area contributed by atoms with Crippen LogP contribution in [-0.4, -0.2) is 94.3 Å². The van der Waals surface area contributed by atoms with Crippen molar-refractivity contribution in [1.82, 2.24) is 14.9 Å². The number of benzene rings is 1. The van der Waals surface area contributed by atoms with Crippen LogP contribution in [-0.2, 0) is 4.79 Å². The van der Waals surface area contributed by atoms with Gasteiger partial charge in [0, 0.05) is 37.4 Å². The van der Waals surface area contributed by atoms with E-state index in [4.69, 9.17) is 21.1 Å². The second-order valence-electron chi connectivity index (χ2n) is 9.73. The third-order valence-electron chi connectivity index (χ3n) is 7.41. The minimum Gasteiger partial charge on any atom is -0.493 e. The van der Waals surface area contributed by atoms with E-state index in [2.05, 4.69) is 14.9 Å². The fourth-order valence-corrected chi connectivity index (χ4v) is 5.16. The van der Waals surface area contributed by atoms with Crippen LogP contribution in [0.4, 0.5) is 5.82 Å². The number of carbonyl (C=O) groups excluding carboxylic acids is 1. The van der Waals surface area contributed by atoms with Crippen LogP contribution in [0.25, 0.3) is 0 Å². The van der Waals surface area contributed by atoms with E-state index in [-0.39, 0.29) is 18.6 Å². The molecule has 2 fully saturated rings. The number of carbonyl (C=O) groups is 1. The molecule has 4 rings (SSSR count). The van der Waals surface area contributed by atoms with Crippen LogP contribution < -0.4 is 14.4 Å². The van der Waals surface area contributed by atoms with Crippen LogP contribution in [0.1, 0.15) is 31.7 Å². The van der Waals surface area contributed by atoms with Gasteiger partial charge in [0.15, 0.2) is 17.6 Å². The van der Waals surface area contributed by atoms with Crippen LogP contribution >= 0.6 is 11.6 Å². The van der Waals surface area contributed by atoms with Crippen molar-refractivity contribution in [1.29, 1.82) is 0 Å². The van der Waals surface area contributed by atoms with Crippen LogP contribution in [0.3, 0.4) is 0 Å². The fraction of sp³-hybridized carbons (Fsp3) is 0.560. The highest BCUT2D eigenvalue weighted by Gasteiger charge is 2.49. The van der Waals surface area contributed by atoms with Gasteiger partial charge in [-0.15, -0.1) is 0 Å². The Balaban J connectivity index is 1.55. The van der Waals surface area contributed by atoms with E-state index in [1.54, 1.807) is 20.2 Å². The smallest absolute Gasteiger partial charge is 0.253 e. The number of halogens is 1. The Bertz CT molecular complexity index is 1070. The maximum atomic E-state index is 12.6. The molecule has 0 spiro atoms. The van der Waals surface area contributed by atoms with E-state index in [0.29, 0.717) is 29.7 Å². The second kappa shape index (κ2) is 10.8. The SMILES string of the molecule is COc1ccc([C@@H]2CN(C(=O)C(O)CO)C[C@@]2(C)C(C)O)cc1OC1CCN(c2cnc(Cl)cn2)C1. The first kappa shape index (κ1) is 26.4. The van der Waals surface area contributed by atoms with Crippen molar-refractivity contribution >= 4 is 23.3 Å². The number of rotatable bonds is 8. The number of ether oxygens (including phenoxy) is 2. The van der Waals surface area contributed by atoms with Crippen LogP contribution in [0.5, 0.6) is 11.5 Å². The number of hydrogen-bond donors (Lipinski definition) is 3. The molecule has 1 aromatic carbocycles. The predicted octanol–water partition coefficient (Wildman–Crippen LogP) is 1.46. The zero-order chi connectivity index (χ0) is 26.0. The summed E-state index contributed by atoms with van der Waals surface area (Å²) < 4.78 is 11.9. The first-order valence-corrected chi connectivity index (χ1v) is 12.4. The van der Waals surface area contributed by atoms with Crippen LogP contribution in [0, 0.1) is 5.41 Å². The van der Waals surface area contributed by atoms with Crippen molar-refractivity contribution in [3.05, 3.63) is 41.3 Å². The highest BCUT2D eigenvalue weighted by atomic mass is 35.5. The van der Waals surface area contributed by atoms with Gasteiger partial charge in [-0.1, -0.05) is 24.6 Å². The lowest BCUT2D eigenvalue weighted by atomic mass is 9.72. The van der Waals surface area contributed by atoms with Gasteiger partial charge >= 0.3 is 0 Å². The van der Waals surface area contributed by atoms with Gasteiger partial charge in [0.25, 0.3) is 5.91 Å². The van der Waals surface area contributed by atoms with Crippen molar-refractivity contribution in [3.63, 3.8) is 0 Å². The molecular weight excluding hydrogens is 488 g/mol. The second-order valence-corrected chi connectivity index (χ2v) is 10.1. The van der Waals surface area contributed by atoms with Gasteiger partial charge in [-0.05, 0) is 24.6 Å². The first-order valence-electron chi connectivity index (χ1n) is 12.0. The number of aromatic nitrogens is 2. The monoisotopic (exact) mass is 520 g/mol. The lowest BCUT2D eigenvalue weighted by Crippen LogP contribution is -2.42. The summed E-state index contributed by atoms with van der Waals surface area (Å²) >= 11 is 5.85. The zero-order valence-corrected chi connectivity index (χ0v) is 21.4. The van der Waals surface area contributed by atoms with Crippen molar-refractivity contribution < 1.29 is 29.6 Å². The van der Waals surface area contributed by atoms with Crippen LogP contribution in [0.2, 0.25) is 5.15 Å². The summed E-state index contributed by atoms with van der Waals surface area (Å²) in [6.45, 7) is 4.93. The minimum absolute atomic E-state index is 0.101. The maximum Gasteiger partial charge on any atom is 0.253 e. The Kier molecular flexibility index (Phi) is 7.89. The summed E-state index contributed by atoms with van der Waals surface area (Å²) in [7, 11) is 1.58. The number of aliphatic hydroxyl groups excluding tert-OH is 3. The van der Waals surface area contributed by atoms with Crippen molar-refractivity contribution in [2.75, 3.05) is 44.8 Å². The molecule has 0 bridgehead atoms. The van der Waals surface area contributed by atoms with Gasteiger partial charge in [-0.2, -0.15) is 0 Å². The largest absolute Gasteiger partial charge is 0.493 e. The van der Waals surface area contributed by atoms with Gasteiger partial charge in [-0.3, -0.25) is 4.79 Å². The molecule has 0 aliphatic carbocycles. The predicted molar refractivity (Wildman–Crippen MR) is 133 cm³/mol. The molecule has 2 aromatic rings. The molecule has 196 valence electrons. The van der Waals surface area contributed by atoms with Crippen molar-refractivity contribution in [3.8, 4) is 11.5 Å². The van der Waals surface area contributed by atoms with Gasteiger partial charge < -0.3 is 34.6 Å². The topological polar surface area (TPSA) is 128 Å². The summed E-state index contributed by atoms with van der Waals surface area (Å²) in [5.41, 5.74) is 0.232. The molecule has 5 atom stereocenters. The van der Waals surface area contributed by atoms with E-state index in [9.17, 15) is 20.1 Å². The molecule has 0 radical (unpaired) electrons.